The molecule has 3 heterocycles. The van der Waals surface area contributed by atoms with E-state index in [1.165, 1.54) is 5.56 Å². The highest BCUT2D eigenvalue weighted by Crippen LogP contribution is 2.42. The minimum Gasteiger partial charge on any atom is -0.351 e. The Kier molecular flexibility index (Phi) is 4.76. The van der Waals surface area contributed by atoms with Gasteiger partial charge >= 0.3 is 0 Å². The third-order valence-electron chi connectivity index (χ3n) is 5.10. The van der Waals surface area contributed by atoms with E-state index in [0.717, 1.165) is 60.7 Å². The summed E-state index contributed by atoms with van der Waals surface area (Å²) in [6, 6.07) is 4.30. The number of anilines is 1. The van der Waals surface area contributed by atoms with Gasteiger partial charge in [-0.25, -0.2) is 4.99 Å². The lowest BCUT2D eigenvalue weighted by molar-refractivity contribution is 0.360. The van der Waals surface area contributed by atoms with Gasteiger partial charge in [0.2, 0.25) is 0 Å². The van der Waals surface area contributed by atoms with Crippen molar-refractivity contribution in [3.8, 4) is 0 Å². The smallest absolute Gasteiger partial charge is 0.176 e. The van der Waals surface area contributed by atoms with Gasteiger partial charge in [0.25, 0.3) is 0 Å². The van der Waals surface area contributed by atoms with Gasteiger partial charge in [-0.1, -0.05) is 31.5 Å². The molecule has 1 N–H and O–H groups in total. The zero-order chi connectivity index (χ0) is 18.3. The van der Waals surface area contributed by atoms with Gasteiger partial charge in [0.05, 0.1) is 17.4 Å². The first-order valence-electron chi connectivity index (χ1n) is 9.46. The van der Waals surface area contributed by atoms with Crippen molar-refractivity contribution in [2.75, 3.05) is 31.1 Å². The highest BCUT2D eigenvalue weighted by atomic mass is 35.5. The molecule has 3 aliphatic rings. The van der Waals surface area contributed by atoms with Gasteiger partial charge in [-0.05, 0) is 37.0 Å². The molecule has 0 aromatic heterocycles. The van der Waals surface area contributed by atoms with Crippen molar-refractivity contribution in [1.29, 1.82) is 0 Å². The third-order valence-corrected chi connectivity index (χ3v) is 5.32. The largest absolute Gasteiger partial charge is 0.351 e. The van der Waals surface area contributed by atoms with Crippen LogP contribution >= 0.6 is 11.6 Å². The van der Waals surface area contributed by atoms with E-state index in [9.17, 15) is 0 Å². The van der Waals surface area contributed by atoms with Crippen molar-refractivity contribution < 1.29 is 0 Å². The van der Waals surface area contributed by atoms with Crippen LogP contribution in [0.1, 0.15) is 38.7 Å². The number of rotatable bonds is 1. The Labute approximate surface area is 160 Å². The van der Waals surface area contributed by atoms with Crippen LogP contribution in [0.15, 0.2) is 34.4 Å². The van der Waals surface area contributed by atoms with Gasteiger partial charge in [0.15, 0.2) is 11.7 Å². The fourth-order valence-corrected chi connectivity index (χ4v) is 3.93. The molecule has 3 aliphatic heterocycles. The average Bonchev–Trinajstić information content (AvgIpc) is 2.82. The van der Waals surface area contributed by atoms with E-state index in [4.69, 9.17) is 21.6 Å². The predicted octanol–water partition coefficient (Wildman–Crippen LogP) is 3.92. The van der Waals surface area contributed by atoms with Gasteiger partial charge in [0.1, 0.15) is 0 Å². The maximum Gasteiger partial charge on any atom is 0.176 e. The van der Waals surface area contributed by atoms with Crippen molar-refractivity contribution >= 4 is 34.6 Å². The Morgan fingerprint density at radius 3 is 2.69 bits per heavy atom. The second-order valence-electron chi connectivity index (χ2n) is 7.48. The molecular weight excluding hydrogens is 346 g/mol. The number of piperazine rings is 1. The Morgan fingerprint density at radius 1 is 1.19 bits per heavy atom. The average molecular weight is 372 g/mol. The Morgan fingerprint density at radius 2 is 1.96 bits per heavy atom. The number of fused-ring (bicyclic) bond motifs is 3. The van der Waals surface area contributed by atoms with Crippen LogP contribution in [0.25, 0.3) is 0 Å². The first kappa shape index (κ1) is 17.6. The van der Waals surface area contributed by atoms with Crippen LogP contribution in [0, 0.1) is 0 Å². The molecule has 6 heteroatoms. The van der Waals surface area contributed by atoms with Crippen molar-refractivity contribution in [3.05, 3.63) is 35.0 Å². The maximum atomic E-state index is 6.45. The molecule has 0 saturated carbocycles. The quantitative estimate of drug-likeness (QED) is 0.813. The summed E-state index contributed by atoms with van der Waals surface area (Å²) in [6.45, 7) is 10.4. The summed E-state index contributed by atoms with van der Waals surface area (Å²) in [5, 5.41) is 4.17. The maximum absolute atomic E-state index is 6.45. The summed E-state index contributed by atoms with van der Waals surface area (Å²) in [5.74, 6) is 2.28. The number of aliphatic imine (C=N–C) groups is 2. The Hall–Kier alpha value is -1.85. The van der Waals surface area contributed by atoms with Crippen molar-refractivity contribution in [3.63, 3.8) is 0 Å². The van der Waals surface area contributed by atoms with E-state index in [0.29, 0.717) is 5.92 Å². The lowest BCUT2D eigenvalue weighted by atomic mass is 9.98. The van der Waals surface area contributed by atoms with Crippen LogP contribution in [0.5, 0.6) is 0 Å². The van der Waals surface area contributed by atoms with Crippen LogP contribution in [-0.2, 0) is 0 Å². The van der Waals surface area contributed by atoms with E-state index in [1.807, 2.05) is 6.07 Å². The second kappa shape index (κ2) is 7.05. The van der Waals surface area contributed by atoms with Crippen LogP contribution in [0.3, 0.4) is 0 Å². The number of amidine groups is 2. The number of hydrogen-bond donors (Lipinski definition) is 1. The zero-order valence-corrected chi connectivity index (χ0v) is 16.4. The van der Waals surface area contributed by atoms with Gasteiger partial charge in [0, 0.05) is 37.4 Å². The molecule has 1 aromatic carbocycles. The van der Waals surface area contributed by atoms with Crippen LogP contribution in [0.4, 0.5) is 11.4 Å². The molecule has 26 heavy (non-hydrogen) atoms. The fourth-order valence-electron chi connectivity index (χ4n) is 3.71. The zero-order valence-electron chi connectivity index (χ0n) is 15.7. The minimum absolute atomic E-state index is 0.240. The molecule has 4 rings (SSSR count). The highest BCUT2D eigenvalue weighted by Gasteiger charge is 2.32. The summed E-state index contributed by atoms with van der Waals surface area (Å²) in [6.07, 6.45) is 5.27. The Bertz CT molecular complexity index is 790. The van der Waals surface area contributed by atoms with Crippen molar-refractivity contribution in [2.24, 2.45) is 9.98 Å². The van der Waals surface area contributed by atoms with Crippen LogP contribution in [0.2, 0.25) is 5.02 Å². The summed E-state index contributed by atoms with van der Waals surface area (Å²) >= 11 is 6.45. The lowest BCUT2D eigenvalue weighted by Gasteiger charge is -2.37. The molecular formula is C20H26ClN5. The fraction of sp³-hybridized carbons (Fsp3) is 0.500. The summed E-state index contributed by atoms with van der Waals surface area (Å²) in [5.41, 5.74) is 3.24. The molecule has 0 aliphatic carbocycles. The molecule has 5 nitrogen and oxygen atoms in total. The summed E-state index contributed by atoms with van der Waals surface area (Å²) < 4.78 is 0. The van der Waals surface area contributed by atoms with Gasteiger partial charge in [-0.2, -0.15) is 0 Å². The van der Waals surface area contributed by atoms with E-state index < -0.39 is 0 Å². The molecule has 0 radical (unpaired) electrons. The lowest BCUT2D eigenvalue weighted by Crippen LogP contribution is -2.52. The van der Waals surface area contributed by atoms with E-state index in [-0.39, 0.29) is 6.04 Å². The van der Waals surface area contributed by atoms with Crippen LogP contribution < -0.4 is 10.2 Å². The first-order valence-corrected chi connectivity index (χ1v) is 9.84. The minimum atomic E-state index is 0.240. The molecule has 0 spiro atoms. The predicted molar refractivity (Wildman–Crippen MR) is 110 cm³/mol. The van der Waals surface area contributed by atoms with Gasteiger partial charge in [-0.15, -0.1) is 0 Å². The van der Waals surface area contributed by atoms with Crippen molar-refractivity contribution in [2.45, 2.75) is 39.2 Å². The topological polar surface area (TPSA) is 43.2 Å². The molecule has 0 amide bonds. The highest BCUT2D eigenvalue weighted by molar-refractivity contribution is 6.48. The van der Waals surface area contributed by atoms with Gasteiger partial charge in [-0.3, -0.25) is 9.89 Å². The molecule has 1 saturated heterocycles. The van der Waals surface area contributed by atoms with E-state index >= 15 is 0 Å². The normalized spacial score (nSPS) is 22.6. The third kappa shape index (κ3) is 3.14. The Balaban J connectivity index is 1.93. The second-order valence-corrected chi connectivity index (χ2v) is 7.92. The molecule has 1 atom stereocenters. The first-order chi connectivity index (χ1) is 12.5. The van der Waals surface area contributed by atoms with E-state index in [1.54, 1.807) is 0 Å². The molecule has 1 fully saturated rings. The standard InChI is InChI=1S/C20H26ClN5/c1-13(2)16-11-15(21)12-17-18(16)24-19(25-9-6-22-7-10-25)20-23-14(3)5-4-8-26(17)20/h4,8,11-14,22H,5-7,9-10H2,1-3H3. The number of nitrogens with one attached hydrogen (secondary N) is 1. The number of hydrogen-bond acceptors (Lipinski definition) is 5. The number of nitrogens with zero attached hydrogens (tertiary/aromatic N) is 4. The number of halogens is 1. The van der Waals surface area contributed by atoms with Crippen LogP contribution in [-0.4, -0.2) is 48.8 Å². The monoisotopic (exact) mass is 371 g/mol. The molecule has 1 unspecified atom stereocenters. The molecule has 138 valence electrons. The van der Waals surface area contributed by atoms with Gasteiger partial charge < -0.3 is 10.2 Å². The summed E-state index contributed by atoms with van der Waals surface area (Å²) in [4.78, 5) is 14.7. The summed E-state index contributed by atoms with van der Waals surface area (Å²) in [7, 11) is 0. The van der Waals surface area contributed by atoms with Crippen molar-refractivity contribution in [1.82, 2.24) is 10.2 Å². The molecule has 1 aromatic rings. The molecule has 0 bridgehead atoms. The SMILES string of the molecule is CC1CC=CN2C(=N1)C(N1CCNCC1)=Nc1c(C(C)C)cc(Cl)cc12. The van der Waals surface area contributed by atoms with E-state index in [2.05, 4.69) is 54.2 Å². The number of benzene rings is 1.